The third kappa shape index (κ3) is 18.4. The summed E-state index contributed by atoms with van der Waals surface area (Å²) in [7, 11) is 0. The zero-order valence-corrected chi connectivity index (χ0v) is 14.1. The molecule has 2 rings (SSSR count). The molecule has 0 amide bonds. The van der Waals surface area contributed by atoms with Gasteiger partial charge in [0.25, 0.3) is 0 Å². The summed E-state index contributed by atoms with van der Waals surface area (Å²) in [6, 6.07) is 0. The Kier molecular flexibility index (Phi) is 21.8. The van der Waals surface area contributed by atoms with Gasteiger partial charge in [0.15, 0.2) is 0 Å². The minimum atomic E-state index is 1.04. The van der Waals surface area contributed by atoms with E-state index in [-0.39, 0.29) is 0 Å². The molecule has 2 saturated carbocycles. The molecule has 0 radical (unpaired) electrons. The normalized spacial score (nSPS) is 19.2. The lowest BCUT2D eigenvalue weighted by Gasteiger charge is -2.15. The lowest BCUT2D eigenvalue weighted by Crippen LogP contribution is -1.99. The Hall–Kier alpha value is 0. The van der Waals surface area contributed by atoms with E-state index < -0.39 is 0 Å². The van der Waals surface area contributed by atoms with Crippen LogP contribution >= 0.6 is 0 Å². The van der Waals surface area contributed by atoms with Gasteiger partial charge in [0.05, 0.1) is 0 Å². The van der Waals surface area contributed by atoms with Gasteiger partial charge in [-0.05, 0) is 5.92 Å². The van der Waals surface area contributed by atoms with Crippen LogP contribution < -0.4 is 0 Å². The van der Waals surface area contributed by atoms with E-state index in [1.54, 1.807) is 0 Å². The average molecular weight is 257 g/mol. The first-order chi connectivity index (χ1) is 8.81. The molecule has 0 bridgehead atoms. The van der Waals surface area contributed by atoms with E-state index in [9.17, 15) is 0 Å². The molecule has 0 aliphatic heterocycles. The molecule has 0 aromatic carbocycles. The summed E-state index contributed by atoms with van der Waals surface area (Å²) in [4.78, 5) is 0. The molecular formula is C18H40. The molecule has 0 nitrogen and oxygen atoms in total. The molecule has 0 heterocycles. The minimum Gasteiger partial charge on any atom is -0.0683 e. The number of hydrogen-bond donors (Lipinski definition) is 0. The van der Waals surface area contributed by atoms with Crippen molar-refractivity contribution in [2.75, 3.05) is 0 Å². The molecule has 0 aromatic heterocycles. The molecule has 0 atom stereocenters. The summed E-state index contributed by atoms with van der Waals surface area (Å²) in [6.07, 6.45) is 17.7. The zero-order valence-electron chi connectivity index (χ0n) is 14.1. The molecule has 2 aliphatic carbocycles. The van der Waals surface area contributed by atoms with Crippen molar-refractivity contribution in [1.82, 2.24) is 0 Å². The summed E-state index contributed by atoms with van der Waals surface area (Å²) in [5.74, 6) is 1.04. The van der Waals surface area contributed by atoms with Gasteiger partial charge in [0.1, 0.15) is 0 Å². The van der Waals surface area contributed by atoms with Crippen LogP contribution in [0.5, 0.6) is 0 Å². The van der Waals surface area contributed by atoms with E-state index in [2.05, 4.69) is 20.8 Å². The van der Waals surface area contributed by atoms with Crippen molar-refractivity contribution in [1.29, 1.82) is 0 Å². The monoisotopic (exact) mass is 256 g/mol. The Morgan fingerprint density at radius 1 is 0.611 bits per heavy atom. The van der Waals surface area contributed by atoms with Crippen molar-refractivity contribution in [2.45, 2.75) is 112 Å². The maximum absolute atomic E-state index is 2.36. The number of rotatable bonds is 0. The Labute approximate surface area is 118 Å². The molecule has 2 fully saturated rings. The third-order valence-corrected chi connectivity index (χ3v) is 3.39. The molecule has 18 heavy (non-hydrogen) atoms. The fourth-order valence-corrected chi connectivity index (χ4v) is 2.37. The minimum absolute atomic E-state index is 1.04. The topological polar surface area (TPSA) is 0 Å². The zero-order chi connectivity index (χ0) is 14.1. The Morgan fingerprint density at radius 2 is 0.833 bits per heavy atom. The van der Waals surface area contributed by atoms with Crippen molar-refractivity contribution in [3.8, 4) is 0 Å². The summed E-state index contributed by atoms with van der Waals surface area (Å²) in [6.45, 7) is 10.6. The maximum Gasteiger partial charge on any atom is -0.0443 e. The largest absolute Gasteiger partial charge is 0.0683 e. The van der Waals surface area contributed by atoms with Gasteiger partial charge in [0.2, 0.25) is 0 Å². The van der Waals surface area contributed by atoms with Gasteiger partial charge in [-0.25, -0.2) is 0 Å². The highest BCUT2D eigenvalue weighted by atomic mass is 14.1. The van der Waals surface area contributed by atoms with Crippen LogP contribution in [0.4, 0.5) is 0 Å². The predicted molar refractivity (Wildman–Crippen MR) is 87.3 cm³/mol. The van der Waals surface area contributed by atoms with E-state index >= 15 is 0 Å². The van der Waals surface area contributed by atoms with Gasteiger partial charge in [-0.3, -0.25) is 0 Å². The van der Waals surface area contributed by atoms with Crippen molar-refractivity contribution in [3.63, 3.8) is 0 Å². The first kappa shape index (κ1) is 20.3. The predicted octanol–water partition coefficient (Wildman–Crippen LogP) is 7.37. The second-order valence-corrected chi connectivity index (χ2v) is 5.57. The Balaban J connectivity index is 0. The van der Waals surface area contributed by atoms with E-state index in [1.807, 2.05) is 13.8 Å². The first-order valence-electron chi connectivity index (χ1n) is 8.81. The smallest absolute Gasteiger partial charge is 0.0443 e. The lowest BCUT2D eigenvalue weighted by atomic mass is 9.91. The molecule has 0 heteroatoms. The van der Waals surface area contributed by atoms with Crippen molar-refractivity contribution < 1.29 is 0 Å². The van der Waals surface area contributed by atoms with E-state index in [0.717, 1.165) is 5.92 Å². The van der Waals surface area contributed by atoms with E-state index in [1.165, 1.54) is 77.0 Å². The first-order valence-corrected chi connectivity index (χ1v) is 8.81. The molecule has 0 unspecified atom stereocenters. The van der Waals surface area contributed by atoms with Crippen LogP contribution in [-0.4, -0.2) is 0 Å². The van der Waals surface area contributed by atoms with Crippen molar-refractivity contribution in [2.24, 2.45) is 5.92 Å². The fourth-order valence-electron chi connectivity index (χ4n) is 2.37. The molecular weight excluding hydrogens is 216 g/mol. The van der Waals surface area contributed by atoms with Gasteiger partial charge < -0.3 is 0 Å². The van der Waals surface area contributed by atoms with Gasteiger partial charge in [-0.15, -0.1) is 0 Å². The molecule has 0 saturated heterocycles. The van der Waals surface area contributed by atoms with Crippen LogP contribution in [0.25, 0.3) is 0 Å². The highest BCUT2D eigenvalue weighted by Gasteiger charge is 2.05. The van der Waals surface area contributed by atoms with Crippen LogP contribution in [0.15, 0.2) is 0 Å². The second kappa shape index (κ2) is 19.3. The molecule has 0 spiro atoms. The summed E-state index contributed by atoms with van der Waals surface area (Å²) >= 11 is 0. The van der Waals surface area contributed by atoms with E-state index in [4.69, 9.17) is 0 Å². The SMILES string of the molecule is C1CCCCC1.CC.CC1CCCCC1.CCC. The standard InChI is InChI=1S/C7H14.C6H12.C3H8.C2H6/c1-7-5-3-2-4-6-7;1-2-4-6-5-3-1;1-3-2;1-2/h7H,2-6H2,1H3;1-6H2;3H2,1-2H3;1-2H3. The van der Waals surface area contributed by atoms with Crippen molar-refractivity contribution >= 4 is 0 Å². The van der Waals surface area contributed by atoms with Crippen LogP contribution in [-0.2, 0) is 0 Å². The van der Waals surface area contributed by atoms with Gasteiger partial charge in [-0.1, -0.05) is 112 Å². The fraction of sp³-hybridized carbons (Fsp3) is 1.00. The van der Waals surface area contributed by atoms with Gasteiger partial charge in [-0.2, -0.15) is 0 Å². The summed E-state index contributed by atoms with van der Waals surface area (Å²) in [5, 5.41) is 0. The summed E-state index contributed by atoms with van der Waals surface area (Å²) in [5.41, 5.74) is 0. The highest BCUT2D eigenvalue weighted by Crippen LogP contribution is 2.22. The molecule has 0 aromatic rings. The van der Waals surface area contributed by atoms with Gasteiger partial charge >= 0.3 is 0 Å². The Morgan fingerprint density at radius 3 is 1.00 bits per heavy atom. The van der Waals surface area contributed by atoms with E-state index in [0.29, 0.717) is 0 Å². The van der Waals surface area contributed by atoms with Crippen LogP contribution in [0.3, 0.4) is 0 Å². The highest BCUT2D eigenvalue weighted by molar-refractivity contribution is 4.59. The van der Waals surface area contributed by atoms with Crippen LogP contribution in [0, 0.1) is 5.92 Å². The van der Waals surface area contributed by atoms with Crippen LogP contribution in [0.1, 0.15) is 112 Å². The van der Waals surface area contributed by atoms with Crippen molar-refractivity contribution in [3.05, 3.63) is 0 Å². The second-order valence-electron chi connectivity index (χ2n) is 5.57. The lowest BCUT2D eigenvalue weighted by molar-refractivity contribution is 0.385. The third-order valence-electron chi connectivity index (χ3n) is 3.39. The number of hydrogen-bond acceptors (Lipinski definition) is 0. The Bertz CT molecular complexity index is 95.7. The van der Waals surface area contributed by atoms with Gasteiger partial charge in [0, 0.05) is 0 Å². The van der Waals surface area contributed by atoms with Crippen LogP contribution in [0.2, 0.25) is 0 Å². The molecule has 0 N–H and O–H groups in total. The molecule has 2 aliphatic rings. The quantitative estimate of drug-likeness (QED) is 0.424. The average Bonchev–Trinajstić information content (AvgIpc) is 2.45. The summed E-state index contributed by atoms with van der Waals surface area (Å²) < 4.78 is 0. The molecule has 112 valence electrons. The maximum atomic E-state index is 2.36.